The first-order valence-corrected chi connectivity index (χ1v) is 5.78. The Hall–Kier alpha value is -1.34. The normalized spacial score (nSPS) is 10.4. The molecule has 0 spiro atoms. The van der Waals surface area contributed by atoms with Crippen LogP contribution in [0.25, 0.3) is 0 Å². The van der Waals surface area contributed by atoms with Gasteiger partial charge in [0, 0.05) is 11.9 Å². The summed E-state index contributed by atoms with van der Waals surface area (Å²) >= 11 is 5.78. The van der Waals surface area contributed by atoms with Crippen LogP contribution in [0.15, 0.2) is 42.6 Å². The van der Waals surface area contributed by atoms with Crippen LogP contribution in [0.5, 0.6) is 0 Å². The molecular weight excluding hydrogens is 218 g/mol. The molecule has 0 aliphatic heterocycles. The summed E-state index contributed by atoms with van der Waals surface area (Å²) in [5.41, 5.74) is 3.74. The summed E-state index contributed by atoms with van der Waals surface area (Å²) in [5, 5.41) is 0.694. The van der Waals surface area contributed by atoms with Crippen LogP contribution in [-0.2, 0) is 12.8 Å². The molecule has 1 nitrogen and oxygen atoms in total. The van der Waals surface area contributed by atoms with Crippen LogP contribution in [0.1, 0.15) is 16.8 Å². The zero-order chi connectivity index (χ0) is 11.4. The fourth-order valence-corrected chi connectivity index (χ4v) is 1.69. The van der Waals surface area contributed by atoms with Gasteiger partial charge in [0.2, 0.25) is 0 Å². The predicted octanol–water partition coefficient (Wildman–Crippen LogP) is 3.83. The van der Waals surface area contributed by atoms with Gasteiger partial charge in [-0.05, 0) is 37.5 Å². The number of hydrogen-bond donors (Lipinski definition) is 0. The van der Waals surface area contributed by atoms with Crippen molar-refractivity contribution in [3.63, 3.8) is 0 Å². The third-order valence-electron chi connectivity index (χ3n) is 2.58. The zero-order valence-corrected chi connectivity index (χ0v) is 10.0. The fraction of sp³-hybridized carbons (Fsp3) is 0.214. The Morgan fingerprint density at radius 2 is 1.75 bits per heavy atom. The lowest BCUT2D eigenvalue weighted by Gasteiger charge is -2.02. The van der Waals surface area contributed by atoms with E-state index in [0.29, 0.717) is 5.02 Å². The number of rotatable bonds is 3. The smallest absolute Gasteiger partial charge is 0.0589 e. The van der Waals surface area contributed by atoms with Gasteiger partial charge < -0.3 is 0 Å². The first kappa shape index (κ1) is 11.2. The van der Waals surface area contributed by atoms with E-state index in [1.807, 2.05) is 12.1 Å². The summed E-state index contributed by atoms with van der Waals surface area (Å²) in [4.78, 5) is 4.28. The van der Waals surface area contributed by atoms with Gasteiger partial charge >= 0.3 is 0 Å². The third kappa shape index (κ3) is 3.07. The number of halogens is 1. The van der Waals surface area contributed by atoms with Crippen molar-refractivity contribution in [2.75, 3.05) is 0 Å². The van der Waals surface area contributed by atoms with E-state index in [1.165, 1.54) is 11.1 Å². The van der Waals surface area contributed by atoms with Crippen LogP contribution in [0.2, 0.25) is 5.02 Å². The topological polar surface area (TPSA) is 12.9 Å². The Morgan fingerprint density at radius 1 is 1.00 bits per heavy atom. The summed E-state index contributed by atoms with van der Waals surface area (Å²) in [6.07, 6.45) is 3.68. The molecule has 0 saturated carbocycles. The molecule has 0 aliphatic rings. The van der Waals surface area contributed by atoms with E-state index >= 15 is 0 Å². The van der Waals surface area contributed by atoms with Gasteiger partial charge in [-0.3, -0.25) is 4.98 Å². The van der Waals surface area contributed by atoms with Crippen LogP contribution >= 0.6 is 11.6 Å². The Labute approximate surface area is 101 Å². The quantitative estimate of drug-likeness (QED) is 0.783. The van der Waals surface area contributed by atoms with E-state index < -0.39 is 0 Å². The molecule has 0 radical (unpaired) electrons. The van der Waals surface area contributed by atoms with E-state index in [-0.39, 0.29) is 0 Å². The number of pyridine rings is 1. The average molecular weight is 232 g/mol. The lowest BCUT2D eigenvalue weighted by atomic mass is 10.1. The van der Waals surface area contributed by atoms with Crippen LogP contribution in [0, 0.1) is 6.92 Å². The molecule has 82 valence electrons. The van der Waals surface area contributed by atoms with Crippen molar-refractivity contribution >= 4 is 11.6 Å². The molecule has 0 fully saturated rings. The zero-order valence-electron chi connectivity index (χ0n) is 9.28. The molecule has 0 atom stereocenters. The minimum Gasteiger partial charge on any atom is -0.260 e. The largest absolute Gasteiger partial charge is 0.260 e. The highest BCUT2D eigenvalue weighted by molar-refractivity contribution is 6.30. The highest BCUT2D eigenvalue weighted by Gasteiger charge is 1.97. The van der Waals surface area contributed by atoms with Crippen molar-refractivity contribution in [2.45, 2.75) is 19.8 Å². The van der Waals surface area contributed by atoms with Crippen LogP contribution in [-0.4, -0.2) is 4.98 Å². The summed E-state index contributed by atoms with van der Waals surface area (Å²) < 4.78 is 0. The molecule has 2 heteroatoms. The summed E-state index contributed by atoms with van der Waals surface area (Å²) in [5.74, 6) is 0. The maximum Gasteiger partial charge on any atom is 0.0589 e. The lowest BCUT2D eigenvalue weighted by Crippen LogP contribution is -1.93. The van der Waals surface area contributed by atoms with Crippen molar-refractivity contribution in [2.24, 2.45) is 0 Å². The van der Waals surface area contributed by atoms with Crippen molar-refractivity contribution in [1.82, 2.24) is 4.98 Å². The molecule has 2 aromatic rings. The molecule has 0 aliphatic carbocycles. The molecular formula is C14H14ClN. The Kier molecular flexibility index (Phi) is 3.58. The SMILES string of the molecule is Cc1ccc(CCc2ccc(Cl)cn2)cc1. The molecule has 0 amide bonds. The van der Waals surface area contributed by atoms with Gasteiger partial charge in [0.15, 0.2) is 0 Å². The number of aryl methyl sites for hydroxylation is 3. The Morgan fingerprint density at radius 3 is 2.38 bits per heavy atom. The van der Waals surface area contributed by atoms with E-state index in [1.54, 1.807) is 6.20 Å². The van der Waals surface area contributed by atoms with E-state index in [2.05, 4.69) is 36.2 Å². The molecule has 16 heavy (non-hydrogen) atoms. The number of nitrogens with zero attached hydrogens (tertiary/aromatic N) is 1. The standard InChI is InChI=1S/C14H14ClN/c1-11-2-4-12(5-3-11)6-8-14-9-7-13(15)10-16-14/h2-5,7,9-10H,6,8H2,1H3. The first-order chi connectivity index (χ1) is 7.74. The molecule has 1 aromatic carbocycles. The van der Waals surface area contributed by atoms with Gasteiger partial charge in [-0.15, -0.1) is 0 Å². The van der Waals surface area contributed by atoms with Crippen molar-refractivity contribution in [3.05, 3.63) is 64.4 Å². The maximum absolute atomic E-state index is 5.78. The molecule has 2 rings (SSSR count). The lowest BCUT2D eigenvalue weighted by molar-refractivity contribution is 0.913. The van der Waals surface area contributed by atoms with Gasteiger partial charge in [-0.2, -0.15) is 0 Å². The summed E-state index contributed by atoms with van der Waals surface area (Å²) in [6, 6.07) is 12.5. The summed E-state index contributed by atoms with van der Waals surface area (Å²) in [6.45, 7) is 2.10. The minimum atomic E-state index is 0.694. The maximum atomic E-state index is 5.78. The van der Waals surface area contributed by atoms with Gasteiger partial charge in [0.1, 0.15) is 0 Å². The molecule has 0 bridgehead atoms. The number of hydrogen-bond acceptors (Lipinski definition) is 1. The van der Waals surface area contributed by atoms with Crippen molar-refractivity contribution in [1.29, 1.82) is 0 Å². The second kappa shape index (κ2) is 5.13. The predicted molar refractivity (Wildman–Crippen MR) is 67.8 cm³/mol. The number of aromatic nitrogens is 1. The van der Waals surface area contributed by atoms with Gasteiger partial charge in [0.05, 0.1) is 5.02 Å². The van der Waals surface area contributed by atoms with Gasteiger partial charge in [-0.25, -0.2) is 0 Å². The average Bonchev–Trinajstić information content (AvgIpc) is 2.30. The van der Waals surface area contributed by atoms with Crippen LogP contribution in [0.4, 0.5) is 0 Å². The third-order valence-corrected chi connectivity index (χ3v) is 2.80. The number of benzene rings is 1. The van der Waals surface area contributed by atoms with Crippen LogP contribution in [0.3, 0.4) is 0 Å². The van der Waals surface area contributed by atoms with Crippen molar-refractivity contribution < 1.29 is 0 Å². The minimum absolute atomic E-state index is 0.694. The van der Waals surface area contributed by atoms with E-state index in [0.717, 1.165) is 18.5 Å². The van der Waals surface area contributed by atoms with Crippen LogP contribution < -0.4 is 0 Å². The van der Waals surface area contributed by atoms with Crippen molar-refractivity contribution in [3.8, 4) is 0 Å². The van der Waals surface area contributed by atoms with Gasteiger partial charge in [0.25, 0.3) is 0 Å². The monoisotopic (exact) mass is 231 g/mol. The molecule has 0 unspecified atom stereocenters. The second-order valence-electron chi connectivity index (χ2n) is 3.95. The fourth-order valence-electron chi connectivity index (χ4n) is 1.58. The highest BCUT2D eigenvalue weighted by Crippen LogP contribution is 2.10. The van der Waals surface area contributed by atoms with E-state index in [9.17, 15) is 0 Å². The first-order valence-electron chi connectivity index (χ1n) is 5.40. The van der Waals surface area contributed by atoms with E-state index in [4.69, 9.17) is 11.6 Å². The second-order valence-corrected chi connectivity index (χ2v) is 4.39. The Balaban J connectivity index is 1.97. The molecule has 0 saturated heterocycles. The molecule has 1 heterocycles. The van der Waals surface area contributed by atoms with Gasteiger partial charge in [-0.1, -0.05) is 41.4 Å². The highest BCUT2D eigenvalue weighted by atomic mass is 35.5. The molecule has 0 N–H and O–H groups in total. The summed E-state index contributed by atoms with van der Waals surface area (Å²) in [7, 11) is 0. The Bertz CT molecular complexity index is 400. The molecule has 1 aromatic heterocycles.